The number of amides is 2. The van der Waals surface area contributed by atoms with Crippen molar-refractivity contribution in [1.29, 1.82) is 0 Å². The largest absolute Gasteiger partial charge is 0.454 e. The Labute approximate surface area is 199 Å². The Morgan fingerprint density at radius 1 is 1.09 bits per heavy atom. The van der Waals surface area contributed by atoms with Crippen molar-refractivity contribution in [3.05, 3.63) is 47.5 Å². The van der Waals surface area contributed by atoms with Crippen molar-refractivity contribution in [2.24, 2.45) is 5.92 Å². The van der Waals surface area contributed by atoms with Crippen LogP contribution in [0.25, 0.3) is 0 Å². The predicted molar refractivity (Wildman–Crippen MR) is 126 cm³/mol. The monoisotopic (exact) mass is 487 g/mol. The van der Waals surface area contributed by atoms with E-state index < -0.39 is 22.0 Å². The Hall–Kier alpha value is -3.11. The third-order valence-corrected chi connectivity index (χ3v) is 7.33. The minimum atomic E-state index is -3.95. The second-order valence-electron chi connectivity index (χ2n) is 8.92. The molecule has 0 fully saturated rings. The summed E-state index contributed by atoms with van der Waals surface area (Å²) in [5, 5.41) is 2.82. The van der Waals surface area contributed by atoms with Crippen LogP contribution < -0.4 is 24.4 Å². The van der Waals surface area contributed by atoms with Crippen molar-refractivity contribution in [3.63, 3.8) is 0 Å². The Morgan fingerprint density at radius 2 is 1.85 bits per heavy atom. The van der Waals surface area contributed by atoms with E-state index >= 15 is 0 Å². The van der Waals surface area contributed by atoms with Crippen LogP contribution in [0.15, 0.2) is 41.3 Å². The highest BCUT2D eigenvalue weighted by Gasteiger charge is 2.29. The van der Waals surface area contributed by atoms with Gasteiger partial charge in [0.2, 0.25) is 28.6 Å². The first-order valence-corrected chi connectivity index (χ1v) is 12.7. The summed E-state index contributed by atoms with van der Waals surface area (Å²) in [6.45, 7) is 6.26. The average molecular weight is 488 g/mol. The normalized spacial score (nSPS) is 15.4. The fraction of sp³-hybridized carbons (Fsp3) is 0.417. The zero-order valence-electron chi connectivity index (χ0n) is 19.5. The van der Waals surface area contributed by atoms with Gasteiger partial charge in [0.1, 0.15) is 6.04 Å². The van der Waals surface area contributed by atoms with Crippen molar-refractivity contribution in [1.82, 2.24) is 10.0 Å². The Bertz CT molecular complexity index is 1210. The molecule has 2 N–H and O–H groups in total. The molecule has 2 aliphatic rings. The molecule has 2 heterocycles. The Kier molecular flexibility index (Phi) is 6.81. The summed E-state index contributed by atoms with van der Waals surface area (Å²) >= 11 is 0. The molecule has 0 bridgehead atoms. The number of nitrogens with one attached hydrogen (secondary N) is 2. The average Bonchev–Trinajstić information content (AvgIpc) is 3.42. The molecule has 0 aliphatic carbocycles. The van der Waals surface area contributed by atoms with Crippen LogP contribution in [0.1, 0.15) is 38.3 Å². The van der Waals surface area contributed by atoms with Crippen LogP contribution in [0.4, 0.5) is 5.69 Å². The van der Waals surface area contributed by atoms with Gasteiger partial charge in [-0.1, -0.05) is 19.9 Å². The molecule has 0 aromatic heterocycles. The quantitative estimate of drug-likeness (QED) is 0.591. The summed E-state index contributed by atoms with van der Waals surface area (Å²) in [6, 6.07) is 9.16. The maximum atomic E-state index is 13.1. The number of fused-ring (bicyclic) bond motifs is 2. The van der Waals surface area contributed by atoms with Gasteiger partial charge in [-0.05, 0) is 60.2 Å². The van der Waals surface area contributed by atoms with E-state index in [1.165, 1.54) is 13.0 Å². The number of benzene rings is 2. The maximum Gasteiger partial charge on any atom is 0.241 e. The van der Waals surface area contributed by atoms with E-state index in [1.54, 1.807) is 29.2 Å². The van der Waals surface area contributed by atoms with Crippen LogP contribution in [-0.4, -0.2) is 39.6 Å². The summed E-state index contributed by atoms with van der Waals surface area (Å²) in [7, 11) is -3.95. The van der Waals surface area contributed by atoms with Crippen LogP contribution in [0.2, 0.25) is 0 Å². The molecule has 0 saturated heterocycles. The minimum absolute atomic E-state index is 0.0778. The van der Waals surface area contributed by atoms with Gasteiger partial charge in [0, 0.05) is 25.7 Å². The molecule has 182 valence electrons. The number of hydrogen-bond donors (Lipinski definition) is 2. The van der Waals surface area contributed by atoms with E-state index in [-0.39, 0.29) is 30.1 Å². The second-order valence-corrected chi connectivity index (χ2v) is 10.6. The summed E-state index contributed by atoms with van der Waals surface area (Å²) in [6.07, 6.45) is 0.930. The first-order chi connectivity index (χ1) is 16.1. The van der Waals surface area contributed by atoms with Gasteiger partial charge in [-0.15, -0.1) is 0 Å². The topological polar surface area (TPSA) is 114 Å². The van der Waals surface area contributed by atoms with Gasteiger partial charge < -0.3 is 19.7 Å². The number of rotatable bonds is 8. The van der Waals surface area contributed by atoms with Crippen molar-refractivity contribution in [3.8, 4) is 11.5 Å². The van der Waals surface area contributed by atoms with Crippen LogP contribution in [0.5, 0.6) is 11.5 Å². The van der Waals surface area contributed by atoms with Gasteiger partial charge >= 0.3 is 0 Å². The fourth-order valence-electron chi connectivity index (χ4n) is 4.17. The zero-order valence-corrected chi connectivity index (χ0v) is 20.3. The first-order valence-electron chi connectivity index (χ1n) is 11.2. The molecular weight excluding hydrogens is 458 g/mol. The Morgan fingerprint density at radius 3 is 2.59 bits per heavy atom. The third-order valence-electron chi connectivity index (χ3n) is 5.86. The molecule has 0 saturated carbocycles. The lowest BCUT2D eigenvalue weighted by molar-refractivity contribution is -0.123. The third kappa shape index (κ3) is 5.18. The minimum Gasteiger partial charge on any atom is -0.454 e. The molecule has 0 radical (unpaired) electrons. The van der Waals surface area contributed by atoms with E-state index in [4.69, 9.17) is 9.47 Å². The highest BCUT2D eigenvalue weighted by atomic mass is 32.2. The SMILES string of the molecule is CC(=O)N1CCc2cc(S(=O)(=O)N[C@H](CC(C)C)C(=O)NCc3ccc4c(c3)OCO4)ccc21. The van der Waals surface area contributed by atoms with Gasteiger partial charge in [-0.3, -0.25) is 9.59 Å². The summed E-state index contributed by atoms with van der Waals surface area (Å²) in [5.74, 6) is 0.878. The van der Waals surface area contributed by atoms with Gasteiger partial charge in [0.05, 0.1) is 4.90 Å². The first kappa shape index (κ1) is 24.0. The van der Waals surface area contributed by atoms with E-state index in [2.05, 4.69) is 10.0 Å². The number of nitrogens with zero attached hydrogens (tertiary/aromatic N) is 1. The van der Waals surface area contributed by atoms with Gasteiger partial charge in [-0.25, -0.2) is 8.42 Å². The van der Waals surface area contributed by atoms with Crippen molar-refractivity contribution >= 4 is 27.5 Å². The Balaban J connectivity index is 1.47. The number of sulfonamides is 1. The summed E-state index contributed by atoms with van der Waals surface area (Å²) in [4.78, 5) is 26.4. The second kappa shape index (κ2) is 9.63. The van der Waals surface area contributed by atoms with Crippen LogP contribution in [0.3, 0.4) is 0 Å². The van der Waals surface area contributed by atoms with Gasteiger partial charge in [0.25, 0.3) is 0 Å². The number of hydrogen-bond acceptors (Lipinski definition) is 6. The molecule has 2 aliphatic heterocycles. The van der Waals surface area contributed by atoms with Crippen LogP contribution in [0, 0.1) is 5.92 Å². The molecular formula is C24H29N3O6S. The summed E-state index contributed by atoms with van der Waals surface area (Å²) < 4.78 is 39.5. The fourth-order valence-corrected chi connectivity index (χ4v) is 5.43. The number of anilines is 1. The smallest absolute Gasteiger partial charge is 0.241 e. The van der Waals surface area contributed by atoms with E-state index in [9.17, 15) is 18.0 Å². The van der Waals surface area contributed by atoms with Crippen LogP contribution >= 0.6 is 0 Å². The molecule has 2 amide bonds. The molecule has 9 nitrogen and oxygen atoms in total. The number of ether oxygens (including phenoxy) is 2. The lowest BCUT2D eigenvalue weighted by atomic mass is 10.0. The molecule has 34 heavy (non-hydrogen) atoms. The predicted octanol–water partition coefficient (Wildman–Crippen LogP) is 2.33. The molecule has 0 unspecified atom stereocenters. The highest BCUT2D eigenvalue weighted by molar-refractivity contribution is 7.89. The standard InChI is InChI=1S/C24H29N3O6S/c1-15(2)10-20(24(29)25-13-17-4-7-22-23(11-17)33-14-32-22)26-34(30,31)19-5-6-21-18(12-19)8-9-27(21)16(3)28/h4-7,11-12,15,20,26H,8-10,13-14H2,1-3H3,(H,25,29)/t20-/m1/s1. The van der Waals surface area contributed by atoms with E-state index in [1.807, 2.05) is 19.9 Å². The molecule has 10 heteroatoms. The molecule has 4 rings (SSSR count). The van der Waals surface area contributed by atoms with Crippen LogP contribution in [-0.2, 0) is 32.6 Å². The van der Waals surface area contributed by atoms with Crippen molar-refractivity contribution < 1.29 is 27.5 Å². The molecule has 2 aromatic rings. The summed E-state index contributed by atoms with van der Waals surface area (Å²) in [5.41, 5.74) is 2.34. The van der Waals surface area contributed by atoms with Gasteiger partial charge in [-0.2, -0.15) is 4.72 Å². The van der Waals surface area contributed by atoms with E-state index in [0.29, 0.717) is 30.9 Å². The highest BCUT2D eigenvalue weighted by Crippen LogP contribution is 2.32. The zero-order chi connectivity index (χ0) is 24.5. The maximum absolute atomic E-state index is 13.1. The number of carbonyl (C=O) groups is 2. The molecule has 2 aromatic carbocycles. The number of carbonyl (C=O) groups excluding carboxylic acids is 2. The lowest BCUT2D eigenvalue weighted by Gasteiger charge is -2.21. The van der Waals surface area contributed by atoms with Crippen molar-refractivity contribution in [2.45, 2.75) is 51.1 Å². The van der Waals surface area contributed by atoms with E-state index in [0.717, 1.165) is 16.8 Å². The van der Waals surface area contributed by atoms with Crippen molar-refractivity contribution in [2.75, 3.05) is 18.2 Å². The van der Waals surface area contributed by atoms with Gasteiger partial charge in [0.15, 0.2) is 11.5 Å². The molecule has 0 spiro atoms. The lowest BCUT2D eigenvalue weighted by Crippen LogP contribution is -2.47. The molecule has 1 atom stereocenters.